The molecule has 0 radical (unpaired) electrons. The fraction of sp³-hybridized carbons (Fsp3) is 0.304. The molecule has 0 fully saturated rings. The number of nitrogens with zero attached hydrogens (tertiary/aromatic N) is 2. The van der Waals surface area contributed by atoms with Crippen LogP contribution in [0.5, 0.6) is 0 Å². The normalized spacial score (nSPS) is 10.7. The molecule has 3 N–H and O–H groups in total. The van der Waals surface area contributed by atoms with E-state index in [-0.39, 0.29) is 29.4 Å². The van der Waals surface area contributed by atoms with Crippen molar-refractivity contribution in [3.05, 3.63) is 69.4 Å². The zero-order valence-electron chi connectivity index (χ0n) is 18.3. The number of carbonyl (C=O) groups excluding carboxylic acids is 2. The summed E-state index contributed by atoms with van der Waals surface area (Å²) in [6.07, 6.45) is 0.574. The monoisotopic (exact) mass is 422 g/mol. The van der Waals surface area contributed by atoms with Gasteiger partial charge in [-0.25, -0.2) is 14.8 Å². The molecule has 0 unspecified atom stereocenters. The molecular weight excluding hydrogens is 396 g/mol. The third-order valence-corrected chi connectivity index (χ3v) is 4.87. The van der Waals surface area contributed by atoms with Crippen LogP contribution in [-0.4, -0.2) is 28.5 Å². The van der Waals surface area contributed by atoms with Crippen molar-refractivity contribution in [2.45, 2.75) is 41.0 Å². The molecule has 0 aliphatic heterocycles. The number of nitrogens with one attached hydrogen (secondary N) is 1. The van der Waals surface area contributed by atoms with Gasteiger partial charge in [0.25, 0.3) is 5.91 Å². The molecule has 31 heavy (non-hydrogen) atoms. The molecule has 0 aliphatic carbocycles. The Balaban J connectivity index is 2.06. The summed E-state index contributed by atoms with van der Waals surface area (Å²) >= 11 is 0. The van der Waals surface area contributed by atoms with Gasteiger partial charge in [0.2, 0.25) is 5.88 Å². The van der Waals surface area contributed by atoms with Gasteiger partial charge in [0, 0.05) is 17.7 Å². The van der Waals surface area contributed by atoms with E-state index in [1.54, 1.807) is 20.8 Å². The van der Waals surface area contributed by atoms with Crippen molar-refractivity contribution >= 4 is 23.6 Å². The molecule has 8 nitrogen and oxygen atoms in total. The number of benzene rings is 1. The quantitative estimate of drug-likeness (QED) is 0.554. The Morgan fingerprint density at radius 3 is 2.35 bits per heavy atom. The number of aryl methyl sites for hydroxylation is 4. The fourth-order valence-corrected chi connectivity index (χ4v) is 3.39. The van der Waals surface area contributed by atoms with E-state index in [4.69, 9.17) is 14.9 Å². The molecule has 0 spiro atoms. The maximum absolute atomic E-state index is 12.4. The summed E-state index contributed by atoms with van der Waals surface area (Å²) < 4.78 is 10.8. The number of hydrogen-bond donors (Lipinski definition) is 2. The highest BCUT2D eigenvalue weighted by molar-refractivity contribution is 6.09. The molecule has 0 atom stereocenters. The number of esters is 1. The first kappa shape index (κ1) is 22.0. The van der Waals surface area contributed by atoms with E-state index >= 15 is 0 Å². The number of primary amides is 1. The first-order chi connectivity index (χ1) is 14.7. The van der Waals surface area contributed by atoms with E-state index in [2.05, 4.69) is 15.3 Å². The number of rotatable bonds is 7. The molecule has 0 saturated heterocycles. The topological polar surface area (TPSA) is 120 Å². The highest BCUT2D eigenvalue weighted by atomic mass is 16.5. The first-order valence-corrected chi connectivity index (χ1v) is 9.98. The van der Waals surface area contributed by atoms with Crippen LogP contribution in [0.25, 0.3) is 0 Å². The van der Waals surface area contributed by atoms with Gasteiger partial charge in [0.05, 0.1) is 6.61 Å². The largest absolute Gasteiger partial charge is 0.462 e. The Hall–Kier alpha value is -3.68. The van der Waals surface area contributed by atoms with Gasteiger partial charge in [-0.1, -0.05) is 29.8 Å². The average Bonchev–Trinajstić information content (AvgIpc) is 3.02. The summed E-state index contributed by atoms with van der Waals surface area (Å²) in [7, 11) is 0. The Bertz CT molecular complexity index is 1130. The van der Waals surface area contributed by atoms with Crippen molar-refractivity contribution < 1.29 is 18.7 Å². The lowest BCUT2D eigenvalue weighted by molar-refractivity contribution is 0.0521. The van der Waals surface area contributed by atoms with E-state index in [1.807, 2.05) is 38.1 Å². The third kappa shape index (κ3) is 4.74. The number of carbonyl (C=O) groups is 2. The van der Waals surface area contributed by atoms with Crippen molar-refractivity contribution in [1.29, 1.82) is 0 Å². The third-order valence-electron chi connectivity index (χ3n) is 4.87. The van der Waals surface area contributed by atoms with Crippen LogP contribution in [0.4, 0.5) is 11.7 Å². The number of nitrogens with two attached hydrogens (primary N) is 1. The van der Waals surface area contributed by atoms with Crippen LogP contribution in [0.1, 0.15) is 61.6 Å². The van der Waals surface area contributed by atoms with Crippen molar-refractivity contribution in [1.82, 2.24) is 9.97 Å². The lowest BCUT2D eigenvalue weighted by atomic mass is 10.0. The zero-order valence-corrected chi connectivity index (χ0v) is 18.3. The van der Waals surface area contributed by atoms with Crippen LogP contribution in [0.2, 0.25) is 0 Å². The molecular formula is C23H26N4O4. The molecule has 8 heteroatoms. The maximum Gasteiger partial charge on any atom is 0.342 e. The molecule has 3 rings (SSSR count). The Morgan fingerprint density at radius 2 is 1.74 bits per heavy atom. The number of amides is 1. The van der Waals surface area contributed by atoms with E-state index < -0.39 is 11.9 Å². The Kier molecular flexibility index (Phi) is 6.39. The summed E-state index contributed by atoms with van der Waals surface area (Å²) in [4.78, 5) is 33.5. The van der Waals surface area contributed by atoms with Gasteiger partial charge in [-0.3, -0.25) is 4.79 Å². The second kappa shape index (κ2) is 8.99. The van der Waals surface area contributed by atoms with Gasteiger partial charge in [-0.15, -0.1) is 0 Å². The molecule has 2 aromatic heterocycles. The molecule has 2 heterocycles. The Labute approximate surface area is 180 Å². The van der Waals surface area contributed by atoms with Crippen LogP contribution < -0.4 is 11.1 Å². The number of anilines is 2. The summed E-state index contributed by atoms with van der Waals surface area (Å²) in [5.41, 5.74) is 9.42. The second-order valence-corrected chi connectivity index (χ2v) is 7.29. The van der Waals surface area contributed by atoms with Crippen molar-refractivity contribution in [3.63, 3.8) is 0 Å². The lowest BCUT2D eigenvalue weighted by Gasteiger charge is -2.14. The van der Waals surface area contributed by atoms with Gasteiger partial charge in [-0.05, 0) is 40.2 Å². The van der Waals surface area contributed by atoms with Crippen LogP contribution in [0.3, 0.4) is 0 Å². The first-order valence-electron chi connectivity index (χ1n) is 9.98. The molecule has 162 valence electrons. The molecule has 1 amide bonds. The van der Waals surface area contributed by atoms with Crippen LogP contribution in [0, 0.1) is 27.7 Å². The number of furan rings is 1. The molecule has 3 aromatic rings. The molecule has 0 saturated carbocycles. The molecule has 0 bridgehead atoms. The minimum atomic E-state index is -0.801. The van der Waals surface area contributed by atoms with Gasteiger partial charge < -0.3 is 20.2 Å². The molecule has 1 aromatic carbocycles. The minimum Gasteiger partial charge on any atom is -0.462 e. The van der Waals surface area contributed by atoms with E-state index in [9.17, 15) is 9.59 Å². The summed E-state index contributed by atoms with van der Waals surface area (Å²) in [5.74, 6) is -0.141. The van der Waals surface area contributed by atoms with Crippen molar-refractivity contribution in [2.75, 3.05) is 11.9 Å². The highest BCUT2D eigenvalue weighted by Gasteiger charge is 2.29. The summed E-state index contributed by atoms with van der Waals surface area (Å²) in [6.45, 7) is 9.13. The number of aromatic nitrogens is 2. The summed E-state index contributed by atoms with van der Waals surface area (Å²) in [6, 6.07) is 8.17. The standard InChI is InChI=1S/C23H26N4O4/c1-6-30-23(29)18-14(4)31-22(19(18)20(24)28)27-21-17(13(3)25-15(5)26-21)11-16-9-7-12(2)8-10-16/h7-10H,6,11H2,1-5H3,(H2,24,28)(H,25,26,27). The van der Waals surface area contributed by atoms with Gasteiger partial charge >= 0.3 is 5.97 Å². The van der Waals surface area contributed by atoms with Crippen molar-refractivity contribution in [3.8, 4) is 0 Å². The highest BCUT2D eigenvalue weighted by Crippen LogP contribution is 2.32. The average molecular weight is 422 g/mol. The van der Waals surface area contributed by atoms with Crippen molar-refractivity contribution in [2.24, 2.45) is 5.73 Å². The van der Waals surface area contributed by atoms with Crippen LogP contribution in [-0.2, 0) is 11.2 Å². The predicted molar refractivity (Wildman–Crippen MR) is 117 cm³/mol. The smallest absolute Gasteiger partial charge is 0.342 e. The minimum absolute atomic E-state index is 0.0134. The maximum atomic E-state index is 12.4. The number of ether oxygens (including phenoxy) is 1. The van der Waals surface area contributed by atoms with Crippen LogP contribution >= 0.6 is 0 Å². The fourth-order valence-electron chi connectivity index (χ4n) is 3.39. The predicted octanol–water partition coefficient (Wildman–Crippen LogP) is 3.91. The van der Waals surface area contributed by atoms with Gasteiger partial charge in [-0.2, -0.15) is 0 Å². The van der Waals surface area contributed by atoms with E-state index in [1.165, 1.54) is 5.56 Å². The lowest BCUT2D eigenvalue weighted by Crippen LogP contribution is -2.18. The second-order valence-electron chi connectivity index (χ2n) is 7.29. The number of hydrogen-bond acceptors (Lipinski definition) is 7. The van der Waals surface area contributed by atoms with E-state index in [0.29, 0.717) is 18.1 Å². The van der Waals surface area contributed by atoms with Crippen LogP contribution in [0.15, 0.2) is 28.7 Å². The molecule has 0 aliphatic rings. The summed E-state index contributed by atoms with van der Waals surface area (Å²) in [5, 5.41) is 3.07. The van der Waals surface area contributed by atoms with Gasteiger partial charge in [0.1, 0.15) is 28.5 Å². The Morgan fingerprint density at radius 1 is 1.06 bits per heavy atom. The van der Waals surface area contributed by atoms with Gasteiger partial charge in [0.15, 0.2) is 0 Å². The van der Waals surface area contributed by atoms with E-state index in [0.717, 1.165) is 16.8 Å². The zero-order chi connectivity index (χ0) is 22.7. The SMILES string of the molecule is CCOC(=O)c1c(C)oc(Nc2nc(C)nc(C)c2Cc2ccc(C)cc2)c1C(N)=O.